The zero-order chi connectivity index (χ0) is 36.7. The molecule has 0 spiro atoms. The zero-order valence-corrected chi connectivity index (χ0v) is 31.6. The topological polar surface area (TPSA) is 94.7 Å². The summed E-state index contributed by atoms with van der Waals surface area (Å²) in [6.45, 7) is 8.57. The van der Waals surface area contributed by atoms with Gasteiger partial charge in [-0.15, -0.1) is 0 Å². The Bertz CT molecular complexity index is 1710. The Labute approximate surface area is 316 Å². The molecule has 278 valence electrons. The van der Waals surface area contributed by atoms with Gasteiger partial charge in [-0.1, -0.05) is 71.7 Å². The lowest BCUT2D eigenvalue weighted by molar-refractivity contribution is -0.145. The number of nitrogens with zero attached hydrogens (tertiary/aromatic N) is 4. The number of amides is 2. The van der Waals surface area contributed by atoms with Gasteiger partial charge >= 0.3 is 5.97 Å². The number of para-hydroxylation sites is 1. The molecule has 0 aliphatic carbocycles. The first kappa shape index (κ1) is 38.1. The molecular formula is C40H49Cl2N5O5. The molecule has 3 saturated heterocycles. The molecule has 3 heterocycles. The predicted molar refractivity (Wildman–Crippen MR) is 203 cm³/mol. The van der Waals surface area contributed by atoms with Crippen molar-refractivity contribution in [2.45, 2.75) is 43.4 Å². The van der Waals surface area contributed by atoms with Crippen LogP contribution in [0.4, 0.5) is 0 Å². The number of halogens is 2. The molecule has 0 saturated carbocycles. The lowest BCUT2D eigenvalue weighted by Gasteiger charge is -2.43. The van der Waals surface area contributed by atoms with Gasteiger partial charge in [0.1, 0.15) is 5.75 Å². The van der Waals surface area contributed by atoms with E-state index < -0.39 is 5.41 Å². The molecule has 3 aromatic carbocycles. The van der Waals surface area contributed by atoms with E-state index in [0.717, 1.165) is 43.6 Å². The summed E-state index contributed by atoms with van der Waals surface area (Å²) in [5.74, 6) is 0.321. The lowest BCUT2D eigenvalue weighted by Crippen LogP contribution is -2.59. The van der Waals surface area contributed by atoms with E-state index in [4.69, 9.17) is 32.7 Å². The van der Waals surface area contributed by atoms with Gasteiger partial charge in [0, 0.05) is 44.7 Å². The normalized spacial score (nSPS) is 21.1. The molecule has 0 aromatic heterocycles. The fraction of sp³-hybridized carbons (Fsp3) is 0.475. The number of benzene rings is 3. The first-order valence-electron chi connectivity index (χ1n) is 18.3. The number of hydrogen-bond acceptors (Lipinski definition) is 8. The summed E-state index contributed by atoms with van der Waals surface area (Å²) in [5, 5.41) is 3.00. The number of ether oxygens (including phenoxy) is 2. The van der Waals surface area contributed by atoms with Gasteiger partial charge in [0.25, 0.3) is 5.91 Å². The summed E-state index contributed by atoms with van der Waals surface area (Å²) in [4.78, 5) is 46.4. The minimum atomic E-state index is -0.660. The molecule has 3 fully saturated rings. The fourth-order valence-electron chi connectivity index (χ4n) is 8.04. The van der Waals surface area contributed by atoms with Gasteiger partial charge in [0.05, 0.1) is 41.3 Å². The van der Waals surface area contributed by atoms with Crippen LogP contribution in [0.25, 0.3) is 0 Å². The molecule has 2 amide bonds. The van der Waals surface area contributed by atoms with E-state index in [1.165, 1.54) is 0 Å². The monoisotopic (exact) mass is 749 g/mol. The Morgan fingerprint density at radius 2 is 1.50 bits per heavy atom. The minimum Gasteiger partial charge on any atom is -0.496 e. The standard InChI is InChI=1S/C40H49Cl2N5O5/c1-3-52-36(48)28-45-23-25-47(26-24-45)43-38(50)40(30-9-5-4-6-10-30)17-20-44(21-18-40)19-15-39(31-13-14-33(41)34(42)27-31)16-22-46(29-39)37(49)32-11-7-8-12-35(32)51-2/h4-14,27H,3,15-26,28-29H2,1-2H3,(H,43,50). The van der Waals surface area contributed by atoms with Crippen LogP contribution in [0.1, 0.15) is 54.1 Å². The maximum Gasteiger partial charge on any atom is 0.320 e. The van der Waals surface area contributed by atoms with Crippen LogP contribution in [0.2, 0.25) is 10.0 Å². The summed E-state index contributed by atoms with van der Waals surface area (Å²) in [7, 11) is 1.58. The Balaban J connectivity index is 1.13. The molecule has 0 radical (unpaired) electrons. The number of rotatable bonds is 12. The fourth-order valence-corrected chi connectivity index (χ4v) is 8.34. The Kier molecular flexibility index (Phi) is 12.4. The Morgan fingerprint density at radius 3 is 2.19 bits per heavy atom. The predicted octanol–water partition coefficient (Wildman–Crippen LogP) is 5.42. The molecule has 0 bridgehead atoms. The number of hydrazine groups is 1. The maximum absolute atomic E-state index is 14.2. The summed E-state index contributed by atoms with van der Waals surface area (Å²) >= 11 is 12.9. The summed E-state index contributed by atoms with van der Waals surface area (Å²) in [6.07, 6.45) is 2.98. The van der Waals surface area contributed by atoms with Crippen LogP contribution in [0.15, 0.2) is 72.8 Å². The molecule has 3 aliphatic rings. The van der Waals surface area contributed by atoms with Crippen molar-refractivity contribution >= 4 is 41.0 Å². The van der Waals surface area contributed by atoms with Gasteiger partial charge in [0.15, 0.2) is 0 Å². The molecule has 10 nitrogen and oxygen atoms in total. The van der Waals surface area contributed by atoms with Gasteiger partial charge in [-0.3, -0.25) is 24.7 Å². The second kappa shape index (κ2) is 17.0. The molecule has 12 heteroatoms. The van der Waals surface area contributed by atoms with Gasteiger partial charge in [-0.2, -0.15) is 0 Å². The first-order chi connectivity index (χ1) is 25.2. The largest absolute Gasteiger partial charge is 0.496 e. The van der Waals surface area contributed by atoms with Crippen molar-refractivity contribution in [2.75, 3.05) is 79.2 Å². The first-order valence-corrected chi connectivity index (χ1v) is 19.0. The molecule has 3 aliphatic heterocycles. The number of nitrogens with one attached hydrogen (secondary N) is 1. The molecule has 1 N–H and O–H groups in total. The van der Waals surface area contributed by atoms with Crippen molar-refractivity contribution in [3.05, 3.63) is 99.5 Å². The van der Waals surface area contributed by atoms with Crippen molar-refractivity contribution in [2.24, 2.45) is 0 Å². The van der Waals surface area contributed by atoms with Crippen LogP contribution < -0.4 is 10.2 Å². The van der Waals surface area contributed by atoms with E-state index in [9.17, 15) is 14.4 Å². The molecule has 1 unspecified atom stereocenters. The van der Waals surface area contributed by atoms with Gasteiger partial charge in [-0.25, -0.2) is 5.01 Å². The Morgan fingerprint density at radius 1 is 0.788 bits per heavy atom. The van der Waals surface area contributed by atoms with Crippen molar-refractivity contribution < 1.29 is 23.9 Å². The second-order valence-corrected chi connectivity index (χ2v) is 14.9. The molecule has 1 atom stereocenters. The van der Waals surface area contributed by atoms with Gasteiger partial charge in [-0.05, 0) is 87.6 Å². The highest BCUT2D eigenvalue weighted by Crippen LogP contribution is 2.42. The van der Waals surface area contributed by atoms with Crippen molar-refractivity contribution in [1.29, 1.82) is 0 Å². The smallest absolute Gasteiger partial charge is 0.320 e. The second-order valence-electron chi connectivity index (χ2n) is 14.1. The van der Waals surface area contributed by atoms with E-state index in [-0.39, 0.29) is 29.7 Å². The highest BCUT2D eigenvalue weighted by atomic mass is 35.5. The van der Waals surface area contributed by atoms with E-state index in [1.54, 1.807) is 7.11 Å². The third kappa shape index (κ3) is 8.42. The highest BCUT2D eigenvalue weighted by molar-refractivity contribution is 6.42. The molecule has 6 rings (SSSR count). The van der Waals surface area contributed by atoms with Crippen molar-refractivity contribution in [3.63, 3.8) is 0 Å². The van der Waals surface area contributed by atoms with Crippen LogP contribution in [-0.4, -0.2) is 117 Å². The number of likely N-dealkylation sites (tertiary alicyclic amines) is 2. The van der Waals surface area contributed by atoms with Crippen LogP contribution in [0.3, 0.4) is 0 Å². The average molecular weight is 751 g/mol. The quantitative estimate of drug-likeness (QED) is 0.246. The average Bonchev–Trinajstić information content (AvgIpc) is 3.62. The molecule has 52 heavy (non-hydrogen) atoms. The third-order valence-corrected chi connectivity index (χ3v) is 11.9. The highest BCUT2D eigenvalue weighted by Gasteiger charge is 2.46. The summed E-state index contributed by atoms with van der Waals surface area (Å²) in [5.41, 5.74) is 4.95. The van der Waals surface area contributed by atoms with E-state index in [2.05, 4.69) is 27.4 Å². The number of hydrogen-bond donors (Lipinski definition) is 1. The maximum atomic E-state index is 14.2. The molecular weight excluding hydrogens is 701 g/mol. The van der Waals surface area contributed by atoms with Crippen molar-refractivity contribution in [3.8, 4) is 5.75 Å². The number of methoxy groups -OCH3 is 1. The van der Waals surface area contributed by atoms with E-state index in [0.29, 0.717) is 80.1 Å². The number of piperazine rings is 1. The molecule has 3 aromatic rings. The lowest BCUT2D eigenvalue weighted by atomic mass is 9.71. The van der Waals surface area contributed by atoms with Gasteiger partial charge < -0.3 is 19.3 Å². The van der Waals surface area contributed by atoms with E-state index >= 15 is 0 Å². The SMILES string of the molecule is CCOC(=O)CN1CCN(NC(=O)C2(c3ccccc3)CCN(CCC3(c4ccc(Cl)c(Cl)c4)CCN(C(=O)c4ccccc4OC)C3)CC2)CC1. The Hall–Kier alpha value is -3.67. The van der Waals surface area contributed by atoms with Crippen LogP contribution >= 0.6 is 23.2 Å². The van der Waals surface area contributed by atoms with Crippen molar-refractivity contribution in [1.82, 2.24) is 25.1 Å². The summed E-state index contributed by atoms with van der Waals surface area (Å²) in [6, 6.07) is 23.3. The van der Waals surface area contributed by atoms with Crippen LogP contribution in [0.5, 0.6) is 5.75 Å². The van der Waals surface area contributed by atoms with Crippen LogP contribution in [-0.2, 0) is 25.2 Å². The number of esters is 1. The number of piperidine rings is 1. The third-order valence-electron chi connectivity index (χ3n) is 11.2. The minimum absolute atomic E-state index is 0.0192. The summed E-state index contributed by atoms with van der Waals surface area (Å²) < 4.78 is 10.6. The zero-order valence-electron chi connectivity index (χ0n) is 30.1. The number of carbonyl (C=O) groups is 3. The van der Waals surface area contributed by atoms with Gasteiger partial charge in [0.2, 0.25) is 5.91 Å². The number of carbonyl (C=O) groups excluding carboxylic acids is 3. The van der Waals surface area contributed by atoms with E-state index in [1.807, 2.05) is 77.5 Å². The van der Waals surface area contributed by atoms with Crippen LogP contribution in [0, 0.1) is 0 Å².